The van der Waals surface area contributed by atoms with Gasteiger partial charge in [0.1, 0.15) is 11.5 Å². The highest BCUT2D eigenvalue weighted by Crippen LogP contribution is 2.31. The Balaban J connectivity index is 1.87. The SMILES string of the molecule is CC(C)(C)CC1CCCN1C(=O)c1cc2c(F)cccc2[nH]1. The molecule has 2 heterocycles. The van der Waals surface area contributed by atoms with E-state index in [2.05, 4.69) is 25.8 Å². The van der Waals surface area contributed by atoms with Crippen molar-refractivity contribution >= 4 is 16.8 Å². The Kier molecular flexibility index (Phi) is 3.71. The van der Waals surface area contributed by atoms with Crippen LogP contribution in [-0.4, -0.2) is 28.4 Å². The number of carbonyl (C=O) groups is 1. The number of rotatable bonds is 2. The van der Waals surface area contributed by atoms with Crippen molar-refractivity contribution in [2.24, 2.45) is 5.41 Å². The van der Waals surface area contributed by atoms with Crippen LogP contribution in [-0.2, 0) is 0 Å². The average molecular weight is 302 g/mol. The number of aromatic amines is 1. The topological polar surface area (TPSA) is 36.1 Å². The highest BCUT2D eigenvalue weighted by atomic mass is 19.1. The molecule has 1 unspecified atom stereocenters. The number of nitrogens with zero attached hydrogens (tertiary/aromatic N) is 1. The lowest BCUT2D eigenvalue weighted by molar-refractivity contribution is 0.0699. The molecule has 2 aromatic rings. The van der Waals surface area contributed by atoms with Crippen LogP contribution in [0.4, 0.5) is 4.39 Å². The number of hydrogen-bond donors (Lipinski definition) is 1. The molecule has 0 bridgehead atoms. The first-order valence-corrected chi connectivity index (χ1v) is 7.93. The van der Waals surface area contributed by atoms with Crippen molar-refractivity contribution in [3.63, 3.8) is 0 Å². The number of nitrogens with one attached hydrogen (secondary N) is 1. The summed E-state index contributed by atoms with van der Waals surface area (Å²) in [5.41, 5.74) is 1.36. The molecule has 0 radical (unpaired) electrons. The zero-order valence-electron chi connectivity index (χ0n) is 13.4. The van der Waals surface area contributed by atoms with Gasteiger partial charge in [-0.3, -0.25) is 4.79 Å². The monoisotopic (exact) mass is 302 g/mol. The first-order chi connectivity index (χ1) is 10.3. The minimum Gasteiger partial charge on any atom is -0.350 e. The van der Waals surface area contributed by atoms with Crippen molar-refractivity contribution < 1.29 is 9.18 Å². The van der Waals surface area contributed by atoms with Crippen molar-refractivity contribution in [2.75, 3.05) is 6.54 Å². The second kappa shape index (κ2) is 5.41. The number of H-pyrrole nitrogens is 1. The standard InChI is InChI=1S/C18H23FN2O/c1-18(2,3)11-12-6-5-9-21(12)17(22)16-10-13-14(19)7-4-8-15(13)20-16/h4,7-8,10,12,20H,5-6,9,11H2,1-3H3. The Hall–Kier alpha value is -1.84. The Morgan fingerprint density at radius 1 is 1.41 bits per heavy atom. The van der Waals surface area contributed by atoms with Gasteiger partial charge in [-0.2, -0.15) is 0 Å². The van der Waals surface area contributed by atoms with E-state index in [-0.39, 0.29) is 23.2 Å². The first kappa shape index (κ1) is 15.1. The van der Waals surface area contributed by atoms with Gasteiger partial charge in [0.2, 0.25) is 0 Å². The molecule has 1 atom stereocenters. The van der Waals surface area contributed by atoms with E-state index in [0.29, 0.717) is 16.6 Å². The molecule has 1 aromatic carbocycles. The number of aromatic nitrogens is 1. The summed E-state index contributed by atoms with van der Waals surface area (Å²) in [6.07, 6.45) is 3.09. The number of halogens is 1. The number of benzene rings is 1. The molecule has 3 rings (SSSR count). The normalized spacial score (nSPS) is 19.1. The molecule has 3 nitrogen and oxygen atoms in total. The molecule has 22 heavy (non-hydrogen) atoms. The lowest BCUT2D eigenvalue weighted by Crippen LogP contribution is -2.37. The van der Waals surface area contributed by atoms with E-state index in [1.54, 1.807) is 18.2 Å². The second-order valence-electron chi connectivity index (χ2n) is 7.44. The maximum atomic E-state index is 13.8. The number of amides is 1. The third kappa shape index (κ3) is 2.87. The zero-order chi connectivity index (χ0) is 15.9. The van der Waals surface area contributed by atoms with E-state index in [1.165, 1.54) is 6.07 Å². The van der Waals surface area contributed by atoms with Gasteiger partial charge in [0, 0.05) is 23.5 Å². The molecule has 1 amide bonds. The minimum absolute atomic E-state index is 0.0117. The molecular formula is C18H23FN2O. The van der Waals surface area contributed by atoms with E-state index in [4.69, 9.17) is 0 Å². The molecule has 0 aliphatic carbocycles. The lowest BCUT2D eigenvalue weighted by Gasteiger charge is -2.30. The third-order valence-corrected chi connectivity index (χ3v) is 4.33. The molecule has 1 N–H and O–H groups in total. The van der Waals surface area contributed by atoms with Crippen molar-refractivity contribution in [2.45, 2.75) is 46.1 Å². The lowest BCUT2D eigenvalue weighted by atomic mass is 9.87. The summed E-state index contributed by atoms with van der Waals surface area (Å²) in [4.78, 5) is 17.8. The van der Waals surface area contributed by atoms with Crippen LogP contribution < -0.4 is 0 Å². The van der Waals surface area contributed by atoms with Crippen molar-refractivity contribution in [1.82, 2.24) is 9.88 Å². The van der Waals surface area contributed by atoms with E-state index in [9.17, 15) is 9.18 Å². The highest BCUT2D eigenvalue weighted by Gasteiger charge is 2.32. The molecule has 4 heteroatoms. The molecule has 1 aliphatic heterocycles. The van der Waals surface area contributed by atoms with Gasteiger partial charge in [-0.05, 0) is 42.9 Å². The van der Waals surface area contributed by atoms with Gasteiger partial charge in [0.05, 0.1) is 0 Å². The van der Waals surface area contributed by atoms with Gasteiger partial charge < -0.3 is 9.88 Å². The fourth-order valence-corrected chi connectivity index (χ4v) is 3.41. The Morgan fingerprint density at radius 3 is 2.86 bits per heavy atom. The average Bonchev–Trinajstić information content (AvgIpc) is 3.03. The summed E-state index contributed by atoms with van der Waals surface area (Å²) < 4.78 is 13.8. The van der Waals surface area contributed by atoms with E-state index < -0.39 is 0 Å². The van der Waals surface area contributed by atoms with Crippen LogP contribution in [0.5, 0.6) is 0 Å². The molecule has 1 aromatic heterocycles. The third-order valence-electron chi connectivity index (χ3n) is 4.33. The number of carbonyl (C=O) groups excluding carboxylic acids is 1. The first-order valence-electron chi connectivity index (χ1n) is 7.93. The van der Waals surface area contributed by atoms with Gasteiger partial charge >= 0.3 is 0 Å². The van der Waals surface area contributed by atoms with Gasteiger partial charge in [-0.25, -0.2) is 4.39 Å². The highest BCUT2D eigenvalue weighted by molar-refractivity contribution is 5.98. The summed E-state index contributed by atoms with van der Waals surface area (Å²) in [7, 11) is 0. The molecular weight excluding hydrogens is 279 g/mol. The smallest absolute Gasteiger partial charge is 0.270 e. The van der Waals surface area contributed by atoms with Crippen LogP contribution in [0, 0.1) is 11.2 Å². The van der Waals surface area contributed by atoms with Crippen molar-refractivity contribution in [1.29, 1.82) is 0 Å². The quantitative estimate of drug-likeness (QED) is 0.879. The Bertz CT molecular complexity index is 699. The Labute approximate surface area is 130 Å². The summed E-state index contributed by atoms with van der Waals surface area (Å²) >= 11 is 0. The number of likely N-dealkylation sites (tertiary alicyclic amines) is 1. The summed E-state index contributed by atoms with van der Waals surface area (Å²) in [6.45, 7) is 7.39. The van der Waals surface area contributed by atoms with Crippen LogP contribution in [0.1, 0.15) is 50.5 Å². The summed E-state index contributed by atoms with van der Waals surface area (Å²) in [6, 6.07) is 6.79. The summed E-state index contributed by atoms with van der Waals surface area (Å²) in [5, 5.41) is 0.484. The number of hydrogen-bond acceptors (Lipinski definition) is 1. The predicted octanol–water partition coefficient (Wildman–Crippen LogP) is 4.35. The fraction of sp³-hybridized carbons (Fsp3) is 0.500. The maximum absolute atomic E-state index is 13.8. The molecule has 1 fully saturated rings. The molecule has 118 valence electrons. The van der Waals surface area contributed by atoms with Crippen LogP contribution in [0.3, 0.4) is 0 Å². The van der Waals surface area contributed by atoms with E-state index >= 15 is 0 Å². The van der Waals surface area contributed by atoms with Gasteiger partial charge in [0.25, 0.3) is 5.91 Å². The maximum Gasteiger partial charge on any atom is 0.270 e. The number of fused-ring (bicyclic) bond motifs is 1. The molecule has 1 aliphatic rings. The van der Waals surface area contributed by atoms with Crippen LogP contribution in [0.15, 0.2) is 24.3 Å². The van der Waals surface area contributed by atoms with Crippen molar-refractivity contribution in [3.05, 3.63) is 35.8 Å². The molecule has 0 spiro atoms. The minimum atomic E-state index is -0.291. The van der Waals surface area contributed by atoms with Gasteiger partial charge in [-0.15, -0.1) is 0 Å². The van der Waals surface area contributed by atoms with Crippen LogP contribution >= 0.6 is 0 Å². The fourth-order valence-electron chi connectivity index (χ4n) is 3.41. The predicted molar refractivity (Wildman–Crippen MR) is 86.4 cm³/mol. The molecule has 0 saturated carbocycles. The Morgan fingerprint density at radius 2 is 2.18 bits per heavy atom. The van der Waals surface area contributed by atoms with E-state index in [1.807, 2.05) is 4.90 Å². The second-order valence-corrected chi connectivity index (χ2v) is 7.44. The summed E-state index contributed by atoms with van der Waals surface area (Å²) in [5.74, 6) is -0.303. The zero-order valence-corrected chi connectivity index (χ0v) is 13.4. The molecule has 1 saturated heterocycles. The van der Waals surface area contributed by atoms with Crippen molar-refractivity contribution in [3.8, 4) is 0 Å². The van der Waals surface area contributed by atoms with Gasteiger partial charge in [-0.1, -0.05) is 26.8 Å². The van der Waals surface area contributed by atoms with Crippen LogP contribution in [0.25, 0.3) is 10.9 Å². The van der Waals surface area contributed by atoms with E-state index in [0.717, 1.165) is 25.8 Å². The largest absolute Gasteiger partial charge is 0.350 e. The van der Waals surface area contributed by atoms with Gasteiger partial charge in [0.15, 0.2) is 0 Å². The van der Waals surface area contributed by atoms with Crippen LogP contribution in [0.2, 0.25) is 0 Å².